The third-order valence-corrected chi connectivity index (χ3v) is 4.93. The van der Waals surface area contributed by atoms with E-state index >= 15 is 0 Å². The van der Waals surface area contributed by atoms with Crippen molar-refractivity contribution in [2.75, 3.05) is 7.11 Å². The van der Waals surface area contributed by atoms with Gasteiger partial charge in [0, 0.05) is 16.8 Å². The number of carboxylic acid groups (broad SMARTS) is 1. The Labute approximate surface area is 179 Å². The summed E-state index contributed by atoms with van der Waals surface area (Å²) >= 11 is 6.10. The Kier molecular flexibility index (Phi) is 6.69. The van der Waals surface area contributed by atoms with Crippen molar-refractivity contribution in [3.63, 3.8) is 0 Å². The van der Waals surface area contributed by atoms with Crippen LogP contribution in [0, 0.1) is 6.92 Å². The van der Waals surface area contributed by atoms with Crippen molar-refractivity contribution in [1.29, 1.82) is 0 Å². The first-order valence-electron chi connectivity index (χ1n) is 9.27. The number of methoxy groups -OCH3 is 1. The van der Waals surface area contributed by atoms with E-state index in [-0.39, 0.29) is 12.0 Å². The fourth-order valence-corrected chi connectivity index (χ4v) is 3.42. The maximum Gasteiger partial charge on any atom is 0.305 e. The third kappa shape index (κ3) is 4.96. The summed E-state index contributed by atoms with van der Waals surface area (Å²) in [6.07, 6.45) is 1.17. The number of aromatic nitrogens is 1. The molecule has 1 heterocycles. The monoisotopic (exact) mass is 424 g/mol. The molecule has 0 aliphatic heterocycles. The molecule has 3 aromatic rings. The van der Waals surface area contributed by atoms with Gasteiger partial charge in [0.2, 0.25) is 5.88 Å². The molecule has 2 aromatic carbocycles. The van der Waals surface area contributed by atoms with Crippen molar-refractivity contribution in [1.82, 2.24) is 10.3 Å². The number of benzene rings is 2. The van der Waals surface area contributed by atoms with Gasteiger partial charge in [0.25, 0.3) is 5.91 Å². The standard InChI is InChI=1S/C23H21ClN2O4/c1-14-6-3-4-9-18(14)20(12-21(27)28)26-22(29)16-11-19(23(30-2)25-13-16)15-7-5-8-17(24)10-15/h3-11,13,20H,12H2,1-2H3,(H,26,29)(H,27,28)/t20-/m0/s1. The van der Waals surface area contributed by atoms with E-state index in [9.17, 15) is 14.7 Å². The van der Waals surface area contributed by atoms with Gasteiger partial charge in [-0.3, -0.25) is 9.59 Å². The van der Waals surface area contributed by atoms with E-state index in [0.717, 1.165) is 16.7 Å². The molecule has 30 heavy (non-hydrogen) atoms. The van der Waals surface area contributed by atoms with Gasteiger partial charge in [-0.05, 0) is 41.8 Å². The maximum absolute atomic E-state index is 13.0. The SMILES string of the molecule is COc1ncc(C(=O)N[C@@H](CC(=O)O)c2ccccc2C)cc1-c1cccc(Cl)c1. The first kappa shape index (κ1) is 21.3. The van der Waals surface area contributed by atoms with Gasteiger partial charge in [0.1, 0.15) is 0 Å². The van der Waals surface area contributed by atoms with E-state index in [1.165, 1.54) is 13.3 Å². The number of hydrogen-bond donors (Lipinski definition) is 2. The van der Waals surface area contributed by atoms with Gasteiger partial charge >= 0.3 is 5.97 Å². The van der Waals surface area contributed by atoms with Crippen LogP contribution in [-0.4, -0.2) is 29.1 Å². The fraction of sp³-hybridized carbons (Fsp3) is 0.174. The van der Waals surface area contributed by atoms with E-state index in [0.29, 0.717) is 16.5 Å². The summed E-state index contributed by atoms with van der Waals surface area (Å²) in [5.74, 6) is -1.08. The molecule has 1 amide bonds. The van der Waals surface area contributed by atoms with Crippen molar-refractivity contribution in [2.45, 2.75) is 19.4 Å². The minimum atomic E-state index is -1.00. The lowest BCUT2D eigenvalue weighted by Crippen LogP contribution is -2.30. The van der Waals surface area contributed by atoms with Crippen LogP contribution in [0.4, 0.5) is 0 Å². The maximum atomic E-state index is 13.0. The van der Waals surface area contributed by atoms with Gasteiger partial charge in [-0.15, -0.1) is 0 Å². The summed E-state index contributed by atoms with van der Waals surface area (Å²) in [4.78, 5) is 28.6. The second kappa shape index (κ2) is 9.41. The molecule has 0 unspecified atom stereocenters. The number of aryl methyl sites for hydroxylation is 1. The summed E-state index contributed by atoms with van der Waals surface area (Å²) in [5.41, 5.74) is 3.30. The molecule has 0 bridgehead atoms. The van der Waals surface area contributed by atoms with E-state index < -0.39 is 17.9 Å². The predicted octanol–water partition coefficient (Wildman–Crippen LogP) is 4.66. The number of halogens is 1. The minimum Gasteiger partial charge on any atom is -0.481 e. The topological polar surface area (TPSA) is 88.5 Å². The quantitative estimate of drug-likeness (QED) is 0.575. The number of hydrogen-bond acceptors (Lipinski definition) is 4. The summed E-state index contributed by atoms with van der Waals surface area (Å²) < 4.78 is 5.33. The third-order valence-electron chi connectivity index (χ3n) is 4.69. The lowest BCUT2D eigenvalue weighted by atomic mass is 9.98. The molecule has 0 saturated heterocycles. The summed E-state index contributed by atoms with van der Waals surface area (Å²) in [7, 11) is 1.50. The number of carboxylic acids is 1. The normalized spacial score (nSPS) is 11.6. The lowest BCUT2D eigenvalue weighted by molar-refractivity contribution is -0.137. The van der Waals surface area contributed by atoms with Crippen molar-refractivity contribution >= 4 is 23.5 Å². The van der Waals surface area contributed by atoms with Crippen LogP contribution in [0.5, 0.6) is 5.88 Å². The highest BCUT2D eigenvalue weighted by Gasteiger charge is 2.21. The van der Waals surface area contributed by atoms with Crippen LogP contribution in [0.2, 0.25) is 5.02 Å². The first-order chi connectivity index (χ1) is 14.4. The van der Waals surface area contributed by atoms with Crippen molar-refractivity contribution in [3.8, 4) is 17.0 Å². The minimum absolute atomic E-state index is 0.235. The fourth-order valence-electron chi connectivity index (χ4n) is 3.23. The van der Waals surface area contributed by atoms with Gasteiger partial charge in [0.15, 0.2) is 0 Å². The molecule has 1 atom stereocenters. The smallest absolute Gasteiger partial charge is 0.305 e. The molecule has 0 saturated carbocycles. The van der Waals surface area contributed by atoms with Crippen LogP contribution >= 0.6 is 11.6 Å². The molecule has 6 nitrogen and oxygen atoms in total. The summed E-state index contributed by atoms with van der Waals surface area (Å²) in [6, 6.07) is 15.5. The largest absolute Gasteiger partial charge is 0.481 e. The second-order valence-corrected chi connectivity index (χ2v) is 7.21. The molecule has 0 aliphatic carbocycles. The molecule has 1 aromatic heterocycles. The van der Waals surface area contributed by atoms with Crippen LogP contribution in [-0.2, 0) is 4.79 Å². The molecule has 154 valence electrons. The molecule has 3 rings (SSSR count). The second-order valence-electron chi connectivity index (χ2n) is 6.77. The number of nitrogens with zero attached hydrogens (tertiary/aromatic N) is 1. The number of aliphatic carboxylic acids is 1. The average molecular weight is 425 g/mol. The summed E-state index contributed by atoms with van der Waals surface area (Å²) in [5, 5.41) is 12.7. The Hall–Kier alpha value is -3.38. The number of amides is 1. The zero-order chi connectivity index (χ0) is 21.7. The highest BCUT2D eigenvalue weighted by molar-refractivity contribution is 6.30. The molecule has 7 heteroatoms. The van der Waals surface area contributed by atoms with E-state index in [2.05, 4.69) is 10.3 Å². The molecule has 0 spiro atoms. The Bertz CT molecular complexity index is 1080. The van der Waals surface area contributed by atoms with Crippen LogP contribution in [0.25, 0.3) is 11.1 Å². The van der Waals surface area contributed by atoms with Gasteiger partial charge in [-0.2, -0.15) is 0 Å². The van der Waals surface area contributed by atoms with Gasteiger partial charge in [-0.25, -0.2) is 4.98 Å². The number of nitrogens with one attached hydrogen (secondary N) is 1. The lowest BCUT2D eigenvalue weighted by Gasteiger charge is -2.20. The predicted molar refractivity (Wildman–Crippen MR) is 115 cm³/mol. The molecule has 0 aliphatic rings. The van der Waals surface area contributed by atoms with Crippen LogP contribution in [0.15, 0.2) is 60.8 Å². The zero-order valence-corrected chi connectivity index (χ0v) is 17.3. The van der Waals surface area contributed by atoms with E-state index in [4.69, 9.17) is 16.3 Å². The number of pyridine rings is 1. The number of carbonyl (C=O) groups excluding carboxylic acids is 1. The number of ether oxygens (including phenoxy) is 1. The Morgan fingerprint density at radius 3 is 2.60 bits per heavy atom. The molecule has 2 N–H and O–H groups in total. The average Bonchev–Trinajstić information content (AvgIpc) is 2.72. The summed E-state index contributed by atoms with van der Waals surface area (Å²) in [6.45, 7) is 1.88. The molecule has 0 fully saturated rings. The van der Waals surface area contributed by atoms with E-state index in [1.807, 2.05) is 37.3 Å². The van der Waals surface area contributed by atoms with Crippen LogP contribution in [0.3, 0.4) is 0 Å². The Morgan fingerprint density at radius 1 is 1.17 bits per heavy atom. The number of rotatable bonds is 7. The zero-order valence-electron chi connectivity index (χ0n) is 16.6. The van der Waals surface area contributed by atoms with Gasteiger partial charge < -0.3 is 15.2 Å². The number of carbonyl (C=O) groups is 2. The first-order valence-corrected chi connectivity index (χ1v) is 9.65. The van der Waals surface area contributed by atoms with E-state index in [1.54, 1.807) is 24.3 Å². The van der Waals surface area contributed by atoms with Crippen molar-refractivity contribution < 1.29 is 19.4 Å². The van der Waals surface area contributed by atoms with Crippen molar-refractivity contribution in [3.05, 3.63) is 82.5 Å². The van der Waals surface area contributed by atoms with Gasteiger partial charge in [0.05, 0.1) is 25.1 Å². The molecular formula is C23H21ClN2O4. The van der Waals surface area contributed by atoms with Crippen LogP contribution < -0.4 is 10.1 Å². The van der Waals surface area contributed by atoms with Crippen molar-refractivity contribution in [2.24, 2.45) is 0 Å². The highest BCUT2D eigenvalue weighted by Crippen LogP contribution is 2.31. The molecular weight excluding hydrogens is 404 g/mol. The van der Waals surface area contributed by atoms with Gasteiger partial charge in [-0.1, -0.05) is 48.0 Å². The Morgan fingerprint density at radius 2 is 1.93 bits per heavy atom. The molecule has 0 radical (unpaired) electrons. The highest BCUT2D eigenvalue weighted by atomic mass is 35.5. The van der Waals surface area contributed by atoms with Crippen LogP contribution in [0.1, 0.15) is 33.9 Å². The Balaban J connectivity index is 1.94.